The maximum Gasteiger partial charge on any atom is 0.212 e. The van der Waals surface area contributed by atoms with Crippen molar-refractivity contribution >= 4 is 28.6 Å². The van der Waals surface area contributed by atoms with E-state index < -0.39 is 0 Å². The zero-order valence-electron chi connectivity index (χ0n) is 15.8. The fourth-order valence-corrected chi connectivity index (χ4v) is 3.59. The molecule has 8 heteroatoms. The summed E-state index contributed by atoms with van der Waals surface area (Å²) in [6.45, 7) is 1.28. The Bertz CT molecular complexity index is 1070. The number of nitrogens with zero attached hydrogens (tertiary/aromatic N) is 4. The second kappa shape index (κ2) is 6.33. The normalized spacial score (nSPS) is 18.1. The minimum Gasteiger partial charge on any atom is -0.489 e. The molecule has 0 saturated carbocycles. The van der Waals surface area contributed by atoms with Gasteiger partial charge in [-0.25, -0.2) is 9.98 Å². The Hall–Kier alpha value is -3.42. The number of aliphatic imine (C=N–C) groups is 1. The molecule has 2 aliphatic rings. The number of ether oxygens (including phenoxy) is 2. The van der Waals surface area contributed by atoms with Crippen LogP contribution in [0.4, 0.5) is 11.6 Å². The van der Waals surface area contributed by atoms with Crippen molar-refractivity contribution in [3.8, 4) is 11.5 Å². The standard InChI is InChI=1S/C20H22N6O2/c1-25(2)13-6-4-12(5-7-13)18-23-19(21)24-20-22-14-10-16-17(11-15(14)26(18)20)28-9-3-8-27-16/h4-7,10-11,18H,3,8-9H2,1-2H3,(H3,21,22,23,24). The summed E-state index contributed by atoms with van der Waals surface area (Å²) in [5.74, 6) is 2.46. The van der Waals surface area contributed by atoms with Gasteiger partial charge in [0.1, 0.15) is 0 Å². The lowest BCUT2D eigenvalue weighted by Crippen LogP contribution is -2.31. The molecule has 0 aliphatic carbocycles. The van der Waals surface area contributed by atoms with E-state index in [1.165, 1.54) is 0 Å². The molecule has 3 N–H and O–H groups in total. The Morgan fingerprint density at radius 2 is 1.82 bits per heavy atom. The van der Waals surface area contributed by atoms with Crippen LogP contribution in [-0.4, -0.2) is 42.8 Å². The van der Waals surface area contributed by atoms with Crippen LogP contribution < -0.4 is 25.4 Å². The number of imidazole rings is 1. The molecule has 1 aromatic heterocycles. The Morgan fingerprint density at radius 3 is 2.54 bits per heavy atom. The van der Waals surface area contributed by atoms with Crippen molar-refractivity contribution in [2.75, 3.05) is 37.5 Å². The summed E-state index contributed by atoms with van der Waals surface area (Å²) >= 11 is 0. The van der Waals surface area contributed by atoms with Crippen LogP contribution >= 0.6 is 0 Å². The number of nitrogens with one attached hydrogen (secondary N) is 1. The van der Waals surface area contributed by atoms with E-state index in [4.69, 9.17) is 20.2 Å². The van der Waals surface area contributed by atoms with E-state index in [0.717, 1.165) is 40.2 Å². The zero-order valence-corrected chi connectivity index (χ0v) is 15.8. The van der Waals surface area contributed by atoms with E-state index in [2.05, 4.69) is 39.5 Å². The van der Waals surface area contributed by atoms with Gasteiger partial charge in [0.05, 0.1) is 24.2 Å². The third kappa shape index (κ3) is 2.69. The molecule has 0 fully saturated rings. The predicted molar refractivity (Wildman–Crippen MR) is 109 cm³/mol. The highest BCUT2D eigenvalue weighted by molar-refractivity contribution is 5.95. The van der Waals surface area contributed by atoms with Crippen LogP contribution in [0.1, 0.15) is 18.2 Å². The van der Waals surface area contributed by atoms with Gasteiger partial charge in [0, 0.05) is 38.3 Å². The molecule has 0 bridgehead atoms. The van der Waals surface area contributed by atoms with Crippen molar-refractivity contribution in [1.29, 1.82) is 0 Å². The Labute approximate surface area is 162 Å². The van der Waals surface area contributed by atoms with Gasteiger partial charge in [-0.1, -0.05) is 12.1 Å². The van der Waals surface area contributed by atoms with E-state index in [1.807, 2.05) is 30.8 Å². The molecule has 0 radical (unpaired) electrons. The lowest BCUT2D eigenvalue weighted by Gasteiger charge is -2.24. The molecule has 5 rings (SSSR count). The van der Waals surface area contributed by atoms with Gasteiger partial charge in [-0.15, -0.1) is 0 Å². The van der Waals surface area contributed by atoms with E-state index in [9.17, 15) is 0 Å². The summed E-state index contributed by atoms with van der Waals surface area (Å²) < 4.78 is 13.7. The van der Waals surface area contributed by atoms with E-state index in [1.54, 1.807) is 0 Å². The number of hydrogen-bond donors (Lipinski definition) is 2. The average Bonchev–Trinajstić information content (AvgIpc) is 2.87. The topological polar surface area (TPSA) is 89.9 Å². The second-order valence-electron chi connectivity index (χ2n) is 7.14. The molecule has 1 atom stereocenters. The summed E-state index contributed by atoms with van der Waals surface area (Å²) in [7, 11) is 4.04. The quantitative estimate of drug-likeness (QED) is 0.712. The molecule has 2 aliphatic heterocycles. The average molecular weight is 378 g/mol. The molecular formula is C20H22N6O2. The third-order valence-corrected chi connectivity index (χ3v) is 5.01. The van der Waals surface area contributed by atoms with E-state index in [0.29, 0.717) is 25.1 Å². The smallest absolute Gasteiger partial charge is 0.212 e. The van der Waals surface area contributed by atoms with Crippen LogP contribution in [0, 0.1) is 0 Å². The van der Waals surface area contributed by atoms with Crippen LogP contribution in [0.25, 0.3) is 11.0 Å². The van der Waals surface area contributed by atoms with Crippen molar-refractivity contribution < 1.29 is 9.47 Å². The van der Waals surface area contributed by atoms with Crippen molar-refractivity contribution in [2.24, 2.45) is 10.7 Å². The number of nitrogens with two attached hydrogens (primary N) is 1. The van der Waals surface area contributed by atoms with Gasteiger partial charge in [-0.3, -0.25) is 9.88 Å². The first-order chi connectivity index (χ1) is 13.6. The van der Waals surface area contributed by atoms with Crippen molar-refractivity contribution in [2.45, 2.75) is 12.6 Å². The molecule has 0 saturated heterocycles. The molecule has 3 heterocycles. The lowest BCUT2D eigenvalue weighted by atomic mass is 10.1. The number of rotatable bonds is 2. The number of aromatic nitrogens is 2. The van der Waals surface area contributed by atoms with Gasteiger partial charge in [0.15, 0.2) is 23.6 Å². The predicted octanol–water partition coefficient (Wildman–Crippen LogP) is 2.55. The number of guanidine groups is 1. The maximum atomic E-state index is 6.05. The van der Waals surface area contributed by atoms with Crippen molar-refractivity contribution in [1.82, 2.24) is 9.55 Å². The summed E-state index contributed by atoms with van der Waals surface area (Å²) in [6.07, 6.45) is 0.558. The van der Waals surface area contributed by atoms with E-state index >= 15 is 0 Å². The van der Waals surface area contributed by atoms with Crippen LogP contribution in [0.5, 0.6) is 11.5 Å². The van der Waals surface area contributed by atoms with E-state index in [-0.39, 0.29) is 6.17 Å². The molecule has 3 aromatic rings. The lowest BCUT2D eigenvalue weighted by molar-refractivity contribution is 0.297. The van der Waals surface area contributed by atoms with Gasteiger partial charge < -0.3 is 20.1 Å². The van der Waals surface area contributed by atoms with Crippen molar-refractivity contribution in [3.63, 3.8) is 0 Å². The highest BCUT2D eigenvalue weighted by atomic mass is 16.5. The summed E-state index contributed by atoms with van der Waals surface area (Å²) in [6, 6.07) is 12.2. The van der Waals surface area contributed by atoms with Crippen LogP contribution in [-0.2, 0) is 0 Å². The molecular weight excluding hydrogens is 356 g/mol. The fraction of sp³-hybridized carbons (Fsp3) is 0.300. The van der Waals surface area contributed by atoms with Gasteiger partial charge in [-0.2, -0.15) is 0 Å². The van der Waals surface area contributed by atoms with Gasteiger partial charge >= 0.3 is 0 Å². The zero-order chi connectivity index (χ0) is 19.3. The first-order valence-electron chi connectivity index (χ1n) is 9.29. The van der Waals surface area contributed by atoms with Crippen LogP contribution in [0.2, 0.25) is 0 Å². The molecule has 0 amide bonds. The Balaban J connectivity index is 1.65. The first-order valence-corrected chi connectivity index (χ1v) is 9.29. The van der Waals surface area contributed by atoms with Gasteiger partial charge in [0.2, 0.25) is 5.95 Å². The molecule has 28 heavy (non-hydrogen) atoms. The van der Waals surface area contributed by atoms with Gasteiger partial charge in [-0.05, 0) is 17.7 Å². The number of fused-ring (bicyclic) bond motifs is 4. The van der Waals surface area contributed by atoms with Gasteiger partial charge in [0.25, 0.3) is 0 Å². The molecule has 8 nitrogen and oxygen atoms in total. The number of benzene rings is 2. The third-order valence-electron chi connectivity index (χ3n) is 5.01. The summed E-state index contributed by atoms with van der Waals surface area (Å²) in [4.78, 5) is 11.4. The van der Waals surface area contributed by atoms with Crippen molar-refractivity contribution in [3.05, 3.63) is 42.0 Å². The summed E-state index contributed by atoms with van der Waals surface area (Å²) in [5, 5.41) is 3.07. The van der Waals surface area contributed by atoms with Crippen LogP contribution in [0.3, 0.4) is 0 Å². The first kappa shape index (κ1) is 16.7. The van der Waals surface area contributed by atoms with Crippen LogP contribution in [0.15, 0.2) is 41.4 Å². The highest BCUT2D eigenvalue weighted by Gasteiger charge is 2.27. The molecule has 0 spiro atoms. The minimum absolute atomic E-state index is 0.304. The molecule has 2 aromatic carbocycles. The monoisotopic (exact) mass is 378 g/mol. The highest BCUT2D eigenvalue weighted by Crippen LogP contribution is 2.39. The number of anilines is 2. The SMILES string of the molecule is CN(C)c1ccc(C2N=C(N)Nc3nc4cc5c(cc4n32)OCCCO5)cc1. The number of hydrogen-bond acceptors (Lipinski definition) is 7. The Morgan fingerprint density at radius 1 is 1.11 bits per heavy atom. The maximum absolute atomic E-state index is 6.05. The Kier molecular flexibility index (Phi) is 3.78. The molecule has 144 valence electrons. The minimum atomic E-state index is -0.304. The second-order valence-corrected chi connectivity index (χ2v) is 7.14. The summed E-state index contributed by atoms with van der Waals surface area (Å²) in [5.41, 5.74) is 9.94. The fourth-order valence-electron chi connectivity index (χ4n) is 3.59. The largest absolute Gasteiger partial charge is 0.489 e. The molecule has 1 unspecified atom stereocenters.